The number of nitrogens with two attached hydrogens (primary N) is 1. The molecule has 2 aromatic rings. The lowest BCUT2D eigenvalue weighted by Gasteiger charge is -2.04. The van der Waals surface area contributed by atoms with Crippen LogP contribution in [0.2, 0.25) is 0 Å². The van der Waals surface area contributed by atoms with Crippen LogP contribution in [-0.4, -0.2) is 12.5 Å². The Morgan fingerprint density at radius 3 is 2.71 bits per heavy atom. The average molecular weight is 226 g/mol. The van der Waals surface area contributed by atoms with E-state index in [1.165, 1.54) is 6.08 Å². The number of carbonyl (C=O) groups excluding carboxylic acids is 1. The summed E-state index contributed by atoms with van der Waals surface area (Å²) in [7, 11) is 0. The highest BCUT2D eigenvalue weighted by molar-refractivity contribution is 6.00. The van der Waals surface area contributed by atoms with E-state index in [4.69, 9.17) is 5.73 Å². The SMILES string of the molecule is NC/C=C/C(=O)Nc1ccc2ccccc2c1. The Bertz CT molecular complexity index is 561. The molecule has 0 aromatic heterocycles. The predicted molar refractivity (Wildman–Crippen MR) is 70.8 cm³/mol. The highest BCUT2D eigenvalue weighted by atomic mass is 16.1. The molecule has 3 heteroatoms. The molecule has 0 unspecified atom stereocenters. The van der Waals surface area contributed by atoms with Crippen LogP contribution in [0.15, 0.2) is 54.6 Å². The second-order valence-corrected chi connectivity index (χ2v) is 3.69. The van der Waals surface area contributed by atoms with Gasteiger partial charge in [-0.15, -0.1) is 0 Å². The third-order valence-electron chi connectivity index (χ3n) is 2.42. The van der Waals surface area contributed by atoms with E-state index >= 15 is 0 Å². The first-order valence-corrected chi connectivity index (χ1v) is 5.46. The summed E-state index contributed by atoms with van der Waals surface area (Å²) in [6.45, 7) is 0.366. The van der Waals surface area contributed by atoms with Crippen molar-refractivity contribution in [3.8, 4) is 0 Å². The molecule has 0 saturated heterocycles. The fourth-order valence-electron chi connectivity index (χ4n) is 1.63. The van der Waals surface area contributed by atoms with E-state index in [-0.39, 0.29) is 5.91 Å². The van der Waals surface area contributed by atoms with Crippen molar-refractivity contribution in [1.82, 2.24) is 0 Å². The molecule has 2 rings (SSSR count). The highest BCUT2D eigenvalue weighted by Gasteiger charge is 1.98. The van der Waals surface area contributed by atoms with Crippen LogP contribution in [0.3, 0.4) is 0 Å². The largest absolute Gasteiger partial charge is 0.327 e. The predicted octanol–water partition coefficient (Wildman–Crippen LogP) is 2.29. The van der Waals surface area contributed by atoms with E-state index in [1.54, 1.807) is 6.08 Å². The molecular formula is C14H14N2O. The molecule has 0 aliphatic heterocycles. The van der Waals surface area contributed by atoms with Crippen molar-refractivity contribution in [1.29, 1.82) is 0 Å². The van der Waals surface area contributed by atoms with E-state index in [1.807, 2.05) is 42.5 Å². The molecule has 0 atom stereocenters. The van der Waals surface area contributed by atoms with Gasteiger partial charge in [0.1, 0.15) is 0 Å². The quantitative estimate of drug-likeness (QED) is 0.789. The Balaban J connectivity index is 2.19. The number of carbonyl (C=O) groups is 1. The summed E-state index contributed by atoms with van der Waals surface area (Å²) in [5.74, 6) is -0.161. The maximum Gasteiger partial charge on any atom is 0.248 e. The van der Waals surface area contributed by atoms with Gasteiger partial charge >= 0.3 is 0 Å². The summed E-state index contributed by atoms with van der Waals surface area (Å²) < 4.78 is 0. The van der Waals surface area contributed by atoms with Crippen molar-refractivity contribution in [3.05, 3.63) is 54.6 Å². The zero-order valence-electron chi connectivity index (χ0n) is 9.39. The van der Waals surface area contributed by atoms with Crippen LogP contribution in [0.4, 0.5) is 5.69 Å². The van der Waals surface area contributed by atoms with Gasteiger partial charge in [-0.3, -0.25) is 4.79 Å². The van der Waals surface area contributed by atoms with Crippen molar-refractivity contribution >= 4 is 22.4 Å². The Labute approximate surface area is 99.9 Å². The molecule has 17 heavy (non-hydrogen) atoms. The molecular weight excluding hydrogens is 212 g/mol. The molecule has 0 fully saturated rings. The lowest BCUT2D eigenvalue weighted by atomic mass is 10.1. The van der Waals surface area contributed by atoms with Gasteiger partial charge in [-0.25, -0.2) is 0 Å². The third kappa shape index (κ3) is 2.92. The average Bonchev–Trinajstić information content (AvgIpc) is 2.36. The topological polar surface area (TPSA) is 55.1 Å². The van der Waals surface area contributed by atoms with E-state index in [9.17, 15) is 4.79 Å². The normalized spacial score (nSPS) is 10.9. The van der Waals surface area contributed by atoms with Gasteiger partial charge in [-0.1, -0.05) is 36.4 Å². The summed E-state index contributed by atoms with van der Waals surface area (Å²) in [5, 5.41) is 5.05. The van der Waals surface area contributed by atoms with Crippen LogP contribution in [0.1, 0.15) is 0 Å². The molecule has 3 N–H and O–H groups in total. The lowest BCUT2D eigenvalue weighted by molar-refractivity contribution is -0.111. The summed E-state index contributed by atoms with van der Waals surface area (Å²) in [4.78, 5) is 11.5. The Morgan fingerprint density at radius 2 is 1.94 bits per heavy atom. The minimum atomic E-state index is -0.161. The Hall–Kier alpha value is -2.13. The number of fused-ring (bicyclic) bond motifs is 1. The Morgan fingerprint density at radius 1 is 1.18 bits per heavy atom. The van der Waals surface area contributed by atoms with Gasteiger partial charge in [-0.05, 0) is 22.9 Å². The minimum absolute atomic E-state index is 0.161. The van der Waals surface area contributed by atoms with Crippen molar-refractivity contribution in [3.63, 3.8) is 0 Å². The minimum Gasteiger partial charge on any atom is -0.327 e. The Kier molecular flexibility index (Phi) is 3.52. The number of benzene rings is 2. The number of rotatable bonds is 3. The van der Waals surface area contributed by atoms with Crippen molar-refractivity contribution in [2.24, 2.45) is 5.73 Å². The van der Waals surface area contributed by atoms with Gasteiger partial charge in [0.25, 0.3) is 0 Å². The summed E-state index contributed by atoms with van der Waals surface area (Å²) >= 11 is 0. The van der Waals surface area contributed by atoms with E-state index < -0.39 is 0 Å². The van der Waals surface area contributed by atoms with Gasteiger partial charge in [0.2, 0.25) is 5.91 Å². The van der Waals surface area contributed by atoms with Gasteiger partial charge in [0.15, 0.2) is 0 Å². The van der Waals surface area contributed by atoms with E-state index in [2.05, 4.69) is 5.32 Å². The first-order valence-electron chi connectivity index (χ1n) is 5.46. The molecule has 0 bridgehead atoms. The standard InChI is InChI=1S/C14H14N2O/c15-9-3-6-14(17)16-13-8-7-11-4-1-2-5-12(11)10-13/h1-8,10H,9,15H2,(H,16,17)/b6-3+. The number of anilines is 1. The van der Waals surface area contributed by atoms with Crippen molar-refractivity contribution in [2.75, 3.05) is 11.9 Å². The number of amides is 1. The van der Waals surface area contributed by atoms with Crippen LogP contribution in [0.5, 0.6) is 0 Å². The molecule has 0 spiro atoms. The van der Waals surface area contributed by atoms with Gasteiger partial charge in [0.05, 0.1) is 0 Å². The zero-order chi connectivity index (χ0) is 12.1. The van der Waals surface area contributed by atoms with Crippen LogP contribution < -0.4 is 11.1 Å². The third-order valence-corrected chi connectivity index (χ3v) is 2.42. The number of nitrogens with one attached hydrogen (secondary N) is 1. The fourth-order valence-corrected chi connectivity index (χ4v) is 1.63. The van der Waals surface area contributed by atoms with Gasteiger partial charge in [0, 0.05) is 18.3 Å². The van der Waals surface area contributed by atoms with Gasteiger partial charge in [-0.2, -0.15) is 0 Å². The molecule has 0 heterocycles. The van der Waals surface area contributed by atoms with Crippen LogP contribution in [-0.2, 0) is 4.79 Å². The van der Waals surface area contributed by atoms with Gasteiger partial charge < -0.3 is 11.1 Å². The first kappa shape index (κ1) is 11.4. The van der Waals surface area contributed by atoms with Crippen LogP contribution >= 0.6 is 0 Å². The van der Waals surface area contributed by atoms with Crippen molar-refractivity contribution < 1.29 is 4.79 Å². The molecule has 0 saturated carbocycles. The van der Waals surface area contributed by atoms with E-state index in [0.717, 1.165) is 16.5 Å². The summed E-state index contributed by atoms with van der Waals surface area (Å²) in [6.07, 6.45) is 3.06. The smallest absolute Gasteiger partial charge is 0.248 e. The van der Waals surface area contributed by atoms with Crippen molar-refractivity contribution in [2.45, 2.75) is 0 Å². The summed E-state index contributed by atoms with van der Waals surface area (Å²) in [5.41, 5.74) is 6.07. The molecule has 2 aromatic carbocycles. The first-order chi connectivity index (χ1) is 8.29. The molecule has 0 aliphatic carbocycles. The zero-order valence-corrected chi connectivity index (χ0v) is 9.39. The highest BCUT2D eigenvalue weighted by Crippen LogP contribution is 2.18. The van der Waals surface area contributed by atoms with Crippen LogP contribution in [0.25, 0.3) is 10.8 Å². The second kappa shape index (κ2) is 5.27. The molecule has 1 amide bonds. The number of hydrogen-bond acceptors (Lipinski definition) is 2. The molecule has 3 nitrogen and oxygen atoms in total. The lowest BCUT2D eigenvalue weighted by Crippen LogP contribution is -2.08. The summed E-state index contributed by atoms with van der Waals surface area (Å²) in [6, 6.07) is 13.8. The fraction of sp³-hybridized carbons (Fsp3) is 0.0714. The second-order valence-electron chi connectivity index (χ2n) is 3.69. The molecule has 86 valence electrons. The monoisotopic (exact) mass is 226 g/mol. The number of hydrogen-bond donors (Lipinski definition) is 2. The van der Waals surface area contributed by atoms with Crippen LogP contribution in [0, 0.1) is 0 Å². The molecule has 0 radical (unpaired) electrons. The maximum atomic E-state index is 11.5. The maximum absolute atomic E-state index is 11.5. The van der Waals surface area contributed by atoms with E-state index in [0.29, 0.717) is 6.54 Å². The molecule has 0 aliphatic rings.